The number of rotatable bonds is 10. The summed E-state index contributed by atoms with van der Waals surface area (Å²) in [5.41, 5.74) is 3.33. The van der Waals surface area contributed by atoms with Crippen LogP contribution in [0.4, 0.5) is 20.4 Å². The van der Waals surface area contributed by atoms with Gasteiger partial charge in [0.2, 0.25) is 0 Å². The average Bonchev–Trinajstić information content (AvgIpc) is 3.14. The molecular weight excluding hydrogens is 654 g/mol. The Kier molecular flexibility index (Phi) is 9.70. The molecule has 1 amide bonds. The molecule has 6 aromatic rings. The van der Waals surface area contributed by atoms with E-state index in [0.29, 0.717) is 96.4 Å². The van der Waals surface area contributed by atoms with Gasteiger partial charge in [0.25, 0.3) is 11.5 Å². The van der Waals surface area contributed by atoms with Gasteiger partial charge >= 0.3 is 0 Å². The maximum absolute atomic E-state index is 15.0. The molecule has 1 aliphatic heterocycles. The summed E-state index contributed by atoms with van der Waals surface area (Å²) in [4.78, 5) is 42.7. The highest BCUT2D eigenvalue weighted by Gasteiger charge is 2.25. The minimum absolute atomic E-state index is 0.0148. The minimum atomic E-state index is -0.578. The van der Waals surface area contributed by atoms with Crippen LogP contribution in [0.1, 0.15) is 34.1 Å². The molecule has 1 aliphatic rings. The van der Waals surface area contributed by atoms with Gasteiger partial charge in [0.15, 0.2) is 0 Å². The van der Waals surface area contributed by atoms with Crippen molar-refractivity contribution in [2.75, 3.05) is 38.1 Å². The van der Waals surface area contributed by atoms with Gasteiger partial charge in [-0.05, 0) is 60.5 Å². The SMILES string of the molecule is CCOc1cc(F)ccc1-c1cc(Nc2cc(CN3CCN(C(=O)c4cc(Cc5n[nH]c(=O)c6ccccc56)ccc4F)CC3)ccn2)ncn1. The summed E-state index contributed by atoms with van der Waals surface area (Å²) in [7, 11) is 0. The average molecular weight is 689 g/mol. The first-order valence-electron chi connectivity index (χ1n) is 16.6. The van der Waals surface area contributed by atoms with Gasteiger partial charge in [0.1, 0.15) is 35.3 Å². The molecule has 1 saturated heterocycles. The second kappa shape index (κ2) is 14.8. The van der Waals surface area contributed by atoms with Gasteiger partial charge in [-0.2, -0.15) is 5.10 Å². The zero-order chi connectivity index (χ0) is 35.3. The number of fused-ring (bicyclic) bond motifs is 1. The van der Waals surface area contributed by atoms with Crippen molar-refractivity contribution in [3.8, 4) is 17.0 Å². The van der Waals surface area contributed by atoms with Crippen molar-refractivity contribution < 1.29 is 18.3 Å². The third kappa shape index (κ3) is 7.58. The zero-order valence-electron chi connectivity index (χ0n) is 27.8. The molecule has 7 rings (SSSR count). The van der Waals surface area contributed by atoms with E-state index in [4.69, 9.17) is 4.74 Å². The van der Waals surface area contributed by atoms with Crippen LogP contribution in [0.5, 0.6) is 5.75 Å². The molecule has 0 aliphatic carbocycles. The lowest BCUT2D eigenvalue weighted by molar-refractivity contribution is 0.0624. The Balaban J connectivity index is 0.976. The van der Waals surface area contributed by atoms with E-state index in [9.17, 15) is 18.4 Å². The van der Waals surface area contributed by atoms with E-state index < -0.39 is 11.6 Å². The number of hydrogen-bond acceptors (Lipinski definition) is 9. The van der Waals surface area contributed by atoms with Crippen molar-refractivity contribution in [2.45, 2.75) is 19.9 Å². The van der Waals surface area contributed by atoms with Crippen molar-refractivity contribution in [1.82, 2.24) is 34.9 Å². The smallest absolute Gasteiger partial charge is 0.272 e. The van der Waals surface area contributed by atoms with Crippen LogP contribution in [0.25, 0.3) is 22.0 Å². The van der Waals surface area contributed by atoms with Crippen LogP contribution in [0, 0.1) is 11.6 Å². The van der Waals surface area contributed by atoms with Crippen LogP contribution in [0.3, 0.4) is 0 Å². The molecule has 0 spiro atoms. The van der Waals surface area contributed by atoms with Crippen LogP contribution in [-0.4, -0.2) is 73.6 Å². The van der Waals surface area contributed by atoms with Gasteiger partial charge in [-0.1, -0.05) is 24.3 Å². The summed E-state index contributed by atoms with van der Waals surface area (Å²) in [6, 6.07) is 21.7. The predicted octanol–water partition coefficient (Wildman–Crippen LogP) is 5.74. The monoisotopic (exact) mass is 688 g/mol. The van der Waals surface area contributed by atoms with Gasteiger partial charge in [-0.3, -0.25) is 14.5 Å². The van der Waals surface area contributed by atoms with Crippen molar-refractivity contribution >= 4 is 28.3 Å². The number of carbonyl (C=O) groups excluding carboxylic acids is 1. The maximum atomic E-state index is 15.0. The standard InChI is InChI=1S/C38H34F2N8O3/c1-2-51-34-20-26(39)8-9-29(34)32-21-36(43-23-42-32)44-35-19-25(11-12-41-35)22-47-13-15-48(16-14-47)38(50)30-17-24(7-10-31(30)40)18-33-27-5-3-4-6-28(27)37(49)46-45-33/h3-12,17,19-21,23H,2,13-16,18,22H2,1H3,(H,46,49)(H,41,42,43,44). The number of nitrogens with one attached hydrogen (secondary N) is 2. The Bertz CT molecular complexity index is 2270. The summed E-state index contributed by atoms with van der Waals surface area (Å²) in [6.45, 7) is 4.97. The highest BCUT2D eigenvalue weighted by Crippen LogP contribution is 2.31. The van der Waals surface area contributed by atoms with Crippen molar-refractivity contribution in [3.05, 3.63) is 136 Å². The molecule has 0 radical (unpaired) electrons. The zero-order valence-corrected chi connectivity index (χ0v) is 27.8. The fourth-order valence-electron chi connectivity index (χ4n) is 6.21. The molecule has 258 valence electrons. The first kappa shape index (κ1) is 33.4. The molecule has 4 heterocycles. The highest BCUT2D eigenvalue weighted by molar-refractivity contribution is 5.95. The van der Waals surface area contributed by atoms with Crippen molar-refractivity contribution in [3.63, 3.8) is 0 Å². The predicted molar refractivity (Wildman–Crippen MR) is 189 cm³/mol. The van der Waals surface area contributed by atoms with Crippen LogP contribution in [-0.2, 0) is 13.0 Å². The number of nitrogens with zero attached hydrogens (tertiary/aromatic N) is 6. The van der Waals surface area contributed by atoms with Gasteiger partial charge in [-0.15, -0.1) is 0 Å². The van der Waals surface area contributed by atoms with E-state index in [1.807, 2.05) is 31.2 Å². The number of anilines is 2. The number of ether oxygens (including phenoxy) is 1. The Morgan fingerprint density at radius 2 is 1.69 bits per heavy atom. The van der Waals surface area contributed by atoms with Gasteiger partial charge < -0.3 is 15.0 Å². The molecule has 13 heteroatoms. The number of amides is 1. The molecule has 2 N–H and O–H groups in total. The number of aromatic amines is 1. The molecule has 0 saturated carbocycles. The quantitative estimate of drug-likeness (QED) is 0.185. The molecule has 3 aromatic carbocycles. The largest absolute Gasteiger partial charge is 0.493 e. The molecule has 0 bridgehead atoms. The van der Waals surface area contributed by atoms with Crippen LogP contribution < -0.4 is 15.6 Å². The lowest BCUT2D eigenvalue weighted by atomic mass is 10.0. The van der Waals surface area contributed by atoms with Gasteiger partial charge in [0, 0.05) is 68.4 Å². The van der Waals surface area contributed by atoms with E-state index in [0.717, 1.165) is 5.56 Å². The lowest BCUT2D eigenvalue weighted by Crippen LogP contribution is -2.48. The number of hydrogen-bond donors (Lipinski definition) is 2. The minimum Gasteiger partial charge on any atom is -0.493 e. The van der Waals surface area contributed by atoms with E-state index in [1.165, 1.54) is 24.5 Å². The van der Waals surface area contributed by atoms with E-state index >= 15 is 0 Å². The summed E-state index contributed by atoms with van der Waals surface area (Å²) in [5.74, 6) is 0.178. The third-order valence-corrected chi connectivity index (χ3v) is 8.74. The lowest BCUT2D eigenvalue weighted by Gasteiger charge is -2.35. The number of aromatic nitrogens is 5. The normalized spacial score (nSPS) is 13.4. The fraction of sp³-hybridized carbons (Fsp3) is 0.211. The first-order valence-corrected chi connectivity index (χ1v) is 16.6. The van der Waals surface area contributed by atoms with Crippen molar-refractivity contribution in [1.29, 1.82) is 0 Å². The fourth-order valence-corrected chi connectivity index (χ4v) is 6.21. The van der Waals surface area contributed by atoms with Gasteiger partial charge in [0.05, 0.1) is 28.9 Å². The number of carbonyl (C=O) groups is 1. The summed E-state index contributed by atoms with van der Waals surface area (Å²) >= 11 is 0. The third-order valence-electron chi connectivity index (χ3n) is 8.74. The second-order valence-electron chi connectivity index (χ2n) is 12.1. The molecule has 3 aromatic heterocycles. The molecule has 51 heavy (non-hydrogen) atoms. The van der Waals surface area contributed by atoms with E-state index in [2.05, 4.69) is 35.4 Å². The number of H-pyrrole nitrogens is 1. The highest BCUT2D eigenvalue weighted by atomic mass is 19.1. The van der Waals surface area contributed by atoms with Crippen LogP contribution >= 0.6 is 0 Å². The van der Waals surface area contributed by atoms with Crippen LogP contribution in [0.15, 0.2) is 96.2 Å². The number of halogens is 2. The Labute approximate surface area is 292 Å². The summed E-state index contributed by atoms with van der Waals surface area (Å²) in [5, 5.41) is 11.2. The molecule has 11 nitrogen and oxygen atoms in total. The number of piperazine rings is 1. The second-order valence-corrected chi connectivity index (χ2v) is 12.1. The summed E-state index contributed by atoms with van der Waals surface area (Å²) < 4.78 is 34.4. The van der Waals surface area contributed by atoms with Crippen molar-refractivity contribution in [2.24, 2.45) is 0 Å². The maximum Gasteiger partial charge on any atom is 0.272 e. The summed E-state index contributed by atoms with van der Waals surface area (Å²) in [6.07, 6.45) is 3.47. The molecule has 1 fully saturated rings. The Morgan fingerprint density at radius 1 is 0.882 bits per heavy atom. The number of benzene rings is 3. The van der Waals surface area contributed by atoms with Crippen LogP contribution in [0.2, 0.25) is 0 Å². The topological polar surface area (TPSA) is 129 Å². The molecule has 0 atom stereocenters. The van der Waals surface area contributed by atoms with Gasteiger partial charge in [-0.25, -0.2) is 28.8 Å². The Morgan fingerprint density at radius 3 is 2.51 bits per heavy atom. The first-order chi connectivity index (χ1) is 24.8. The van der Waals surface area contributed by atoms with E-state index in [1.54, 1.807) is 47.5 Å². The molecule has 0 unspecified atom stereocenters. The van der Waals surface area contributed by atoms with E-state index in [-0.39, 0.29) is 17.0 Å². The molecular formula is C38H34F2N8O3. The Hall–Kier alpha value is -6.08. The number of pyridine rings is 1.